The molecule has 0 aromatic carbocycles. The monoisotopic (exact) mass is 232 g/mol. The number of H-pyrrole nitrogens is 1. The summed E-state index contributed by atoms with van der Waals surface area (Å²) in [6, 6.07) is 0. The SMILES string of the molecule is Cc1nnc(NC(=O)c2cn[nH]c2C)nc1C. The fourth-order valence-electron chi connectivity index (χ4n) is 1.26. The fraction of sp³-hybridized carbons (Fsp3) is 0.300. The van der Waals surface area contributed by atoms with Crippen LogP contribution >= 0.6 is 0 Å². The summed E-state index contributed by atoms with van der Waals surface area (Å²) in [6.45, 7) is 5.38. The maximum atomic E-state index is 11.8. The second-order valence-corrected chi connectivity index (χ2v) is 3.67. The van der Waals surface area contributed by atoms with Crippen LogP contribution in [0.3, 0.4) is 0 Å². The number of carbonyl (C=O) groups excluding carboxylic acids is 1. The normalized spacial score (nSPS) is 10.3. The molecule has 0 fully saturated rings. The third-order valence-corrected chi connectivity index (χ3v) is 2.39. The third kappa shape index (κ3) is 2.27. The number of carbonyl (C=O) groups is 1. The summed E-state index contributed by atoms with van der Waals surface area (Å²) in [4.78, 5) is 15.9. The Hall–Kier alpha value is -2.31. The first-order chi connectivity index (χ1) is 8.08. The van der Waals surface area contributed by atoms with Gasteiger partial charge in [0.05, 0.1) is 23.1 Å². The van der Waals surface area contributed by atoms with Crippen molar-refractivity contribution in [3.8, 4) is 0 Å². The van der Waals surface area contributed by atoms with E-state index < -0.39 is 0 Å². The van der Waals surface area contributed by atoms with Crippen molar-refractivity contribution in [3.05, 3.63) is 28.8 Å². The van der Waals surface area contributed by atoms with E-state index in [1.165, 1.54) is 6.20 Å². The fourth-order valence-corrected chi connectivity index (χ4v) is 1.26. The van der Waals surface area contributed by atoms with Gasteiger partial charge >= 0.3 is 0 Å². The summed E-state index contributed by atoms with van der Waals surface area (Å²) >= 11 is 0. The third-order valence-electron chi connectivity index (χ3n) is 2.39. The van der Waals surface area contributed by atoms with Gasteiger partial charge in [0, 0.05) is 5.69 Å². The summed E-state index contributed by atoms with van der Waals surface area (Å²) in [6.07, 6.45) is 1.46. The molecule has 2 rings (SSSR count). The van der Waals surface area contributed by atoms with Gasteiger partial charge in [-0.15, -0.1) is 5.10 Å². The first-order valence-corrected chi connectivity index (χ1v) is 5.07. The lowest BCUT2D eigenvalue weighted by Gasteiger charge is -2.03. The molecule has 17 heavy (non-hydrogen) atoms. The van der Waals surface area contributed by atoms with Crippen LogP contribution in [-0.2, 0) is 0 Å². The Kier molecular flexibility index (Phi) is 2.82. The molecule has 0 saturated carbocycles. The van der Waals surface area contributed by atoms with Crippen molar-refractivity contribution in [2.24, 2.45) is 0 Å². The van der Waals surface area contributed by atoms with Crippen molar-refractivity contribution >= 4 is 11.9 Å². The van der Waals surface area contributed by atoms with E-state index in [9.17, 15) is 4.79 Å². The zero-order valence-corrected chi connectivity index (χ0v) is 9.77. The summed E-state index contributed by atoms with van der Waals surface area (Å²) < 4.78 is 0. The van der Waals surface area contributed by atoms with Crippen molar-refractivity contribution < 1.29 is 4.79 Å². The Morgan fingerprint density at radius 3 is 2.59 bits per heavy atom. The average molecular weight is 232 g/mol. The van der Waals surface area contributed by atoms with Gasteiger partial charge in [-0.2, -0.15) is 10.2 Å². The number of aryl methyl sites for hydroxylation is 3. The number of anilines is 1. The van der Waals surface area contributed by atoms with Gasteiger partial charge in [0.15, 0.2) is 0 Å². The molecule has 0 radical (unpaired) electrons. The lowest BCUT2D eigenvalue weighted by atomic mass is 10.2. The van der Waals surface area contributed by atoms with Crippen molar-refractivity contribution in [1.82, 2.24) is 25.4 Å². The highest BCUT2D eigenvalue weighted by Gasteiger charge is 2.12. The molecular formula is C10H12N6O. The minimum absolute atomic E-state index is 0.193. The Balaban J connectivity index is 2.19. The van der Waals surface area contributed by atoms with Crippen molar-refractivity contribution in [1.29, 1.82) is 0 Å². The quantitative estimate of drug-likeness (QED) is 0.797. The molecule has 2 aromatic heterocycles. The van der Waals surface area contributed by atoms with E-state index in [4.69, 9.17) is 0 Å². The largest absolute Gasteiger partial charge is 0.289 e. The van der Waals surface area contributed by atoms with Crippen LogP contribution in [0.1, 0.15) is 27.4 Å². The van der Waals surface area contributed by atoms with Gasteiger partial charge in [-0.25, -0.2) is 4.98 Å². The highest BCUT2D eigenvalue weighted by atomic mass is 16.1. The predicted octanol–water partition coefficient (Wildman–Crippen LogP) is 0.772. The molecule has 2 aromatic rings. The number of hydrogen-bond acceptors (Lipinski definition) is 5. The van der Waals surface area contributed by atoms with Gasteiger partial charge in [0.2, 0.25) is 5.95 Å². The zero-order valence-electron chi connectivity index (χ0n) is 9.77. The lowest BCUT2D eigenvalue weighted by Crippen LogP contribution is -2.16. The van der Waals surface area contributed by atoms with E-state index in [-0.39, 0.29) is 11.9 Å². The van der Waals surface area contributed by atoms with Gasteiger partial charge in [-0.05, 0) is 20.8 Å². The molecule has 0 aliphatic rings. The van der Waals surface area contributed by atoms with E-state index in [1.54, 1.807) is 13.8 Å². The average Bonchev–Trinajstić information content (AvgIpc) is 2.70. The van der Waals surface area contributed by atoms with Crippen LogP contribution in [0.25, 0.3) is 0 Å². The van der Waals surface area contributed by atoms with E-state index in [0.717, 1.165) is 11.4 Å². The lowest BCUT2D eigenvalue weighted by molar-refractivity contribution is 0.102. The first kappa shape index (κ1) is 11.2. The first-order valence-electron chi connectivity index (χ1n) is 5.07. The smallest absolute Gasteiger partial charge is 0.261 e. The minimum atomic E-state index is -0.304. The molecule has 88 valence electrons. The zero-order chi connectivity index (χ0) is 12.4. The number of nitrogens with one attached hydrogen (secondary N) is 2. The van der Waals surface area contributed by atoms with Gasteiger partial charge in [-0.1, -0.05) is 0 Å². The maximum absolute atomic E-state index is 11.8. The van der Waals surface area contributed by atoms with Crippen LogP contribution in [0, 0.1) is 20.8 Å². The summed E-state index contributed by atoms with van der Waals surface area (Å²) in [5, 5.41) is 16.7. The molecule has 0 bridgehead atoms. The minimum Gasteiger partial charge on any atom is -0.289 e. The van der Waals surface area contributed by atoms with Gasteiger partial charge in [-0.3, -0.25) is 15.2 Å². The van der Waals surface area contributed by atoms with Crippen LogP contribution in [0.4, 0.5) is 5.95 Å². The standard InChI is InChI=1S/C10H12N6O/c1-5-6(2)15-16-10(12-5)13-9(17)8-4-11-14-7(8)3/h4H,1-3H3,(H,11,14)(H,12,13,16,17). The molecule has 0 saturated heterocycles. The second-order valence-electron chi connectivity index (χ2n) is 3.67. The van der Waals surface area contributed by atoms with E-state index >= 15 is 0 Å². The summed E-state index contributed by atoms with van der Waals surface area (Å²) in [7, 11) is 0. The predicted molar refractivity (Wildman–Crippen MR) is 60.6 cm³/mol. The van der Waals surface area contributed by atoms with Crippen LogP contribution in [-0.4, -0.2) is 31.3 Å². The van der Waals surface area contributed by atoms with Crippen molar-refractivity contribution in [3.63, 3.8) is 0 Å². The van der Waals surface area contributed by atoms with Crippen LogP contribution in [0.2, 0.25) is 0 Å². The molecule has 0 atom stereocenters. The maximum Gasteiger partial charge on any atom is 0.261 e. The van der Waals surface area contributed by atoms with Gasteiger partial charge in [0.25, 0.3) is 5.91 Å². The molecular weight excluding hydrogens is 220 g/mol. The topological polar surface area (TPSA) is 96.5 Å². The number of nitrogens with zero attached hydrogens (tertiary/aromatic N) is 4. The molecule has 7 nitrogen and oxygen atoms in total. The molecule has 7 heteroatoms. The Bertz CT molecular complexity index is 562. The Labute approximate surface area is 97.7 Å². The molecule has 0 spiro atoms. The summed E-state index contributed by atoms with van der Waals surface area (Å²) in [5.41, 5.74) is 2.63. The molecule has 0 unspecified atom stereocenters. The highest BCUT2D eigenvalue weighted by Crippen LogP contribution is 2.07. The van der Waals surface area contributed by atoms with Gasteiger partial charge in [0.1, 0.15) is 0 Å². The van der Waals surface area contributed by atoms with Crippen LogP contribution < -0.4 is 5.32 Å². The Morgan fingerprint density at radius 1 is 1.24 bits per heavy atom. The molecule has 2 heterocycles. The number of hydrogen-bond donors (Lipinski definition) is 2. The highest BCUT2D eigenvalue weighted by molar-refractivity contribution is 6.03. The van der Waals surface area contributed by atoms with E-state index in [2.05, 4.69) is 30.7 Å². The van der Waals surface area contributed by atoms with Crippen molar-refractivity contribution in [2.45, 2.75) is 20.8 Å². The number of aromatic amines is 1. The van der Waals surface area contributed by atoms with Crippen molar-refractivity contribution in [2.75, 3.05) is 5.32 Å². The Morgan fingerprint density at radius 2 is 2.00 bits per heavy atom. The van der Waals surface area contributed by atoms with Crippen LogP contribution in [0.5, 0.6) is 0 Å². The van der Waals surface area contributed by atoms with Crippen LogP contribution in [0.15, 0.2) is 6.20 Å². The van der Waals surface area contributed by atoms with E-state index in [0.29, 0.717) is 11.3 Å². The second kappa shape index (κ2) is 4.28. The summed E-state index contributed by atoms with van der Waals surface area (Å²) in [5.74, 6) is -0.111. The number of aromatic nitrogens is 5. The molecule has 0 aliphatic heterocycles. The number of rotatable bonds is 2. The molecule has 2 N–H and O–H groups in total. The number of amides is 1. The molecule has 0 aliphatic carbocycles. The van der Waals surface area contributed by atoms with Gasteiger partial charge < -0.3 is 0 Å². The molecule has 1 amide bonds. The van der Waals surface area contributed by atoms with E-state index in [1.807, 2.05) is 6.92 Å².